The van der Waals surface area contributed by atoms with Crippen LogP contribution in [0.25, 0.3) is 0 Å². The van der Waals surface area contributed by atoms with E-state index in [9.17, 15) is 0 Å². The highest BCUT2D eigenvalue weighted by Gasteiger charge is 1.98. The molecule has 0 saturated carbocycles. The van der Waals surface area contributed by atoms with Crippen molar-refractivity contribution in [2.24, 2.45) is 0 Å². The van der Waals surface area contributed by atoms with Crippen molar-refractivity contribution in [2.45, 2.75) is 13.0 Å². The predicted octanol–water partition coefficient (Wildman–Crippen LogP) is 2.27. The van der Waals surface area contributed by atoms with E-state index < -0.39 is 0 Å². The summed E-state index contributed by atoms with van der Waals surface area (Å²) < 4.78 is 5.09. The first-order chi connectivity index (χ1) is 6.88. The van der Waals surface area contributed by atoms with Gasteiger partial charge in [0.1, 0.15) is 0 Å². The van der Waals surface area contributed by atoms with E-state index in [0.717, 1.165) is 24.2 Å². The molecule has 0 bridgehead atoms. The van der Waals surface area contributed by atoms with Gasteiger partial charge in [-0.25, -0.2) is 0 Å². The average Bonchev–Trinajstić information content (AvgIpc) is 2.21. The molecule has 2 nitrogen and oxygen atoms in total. The van der Waals surface area contributed by atoms with Crippen LogP contribution in [0, 0.1) is 12.3 Å². The van der Waals surface area contributed by atoms with Crippen molar-refractivity contribution >= 4 is 5.69 Å². The van der Waals surface area contributed by atoms with Crippen LogP contribution >= 0.6 is 0 Å². The van der Waals surface area contributed by atoms with Gasteiger partial charge in [0.2, 0.25) is 0 Å². The smallest absolute Gasteiger partial charge is 0.0733 e. The van der Waals surface area contributed by atoms with E-state index >= 15 is 0 Å². The monoisotopic (exact) mass is 189 g/mol. The summed E-state index contributed by atoms with van der Waals surface area (Å²) in [6.07, 6.45) is 5.91. The summed E-state index contributed by atoms with van der Waals surface area (Å²) in [6, 6.07) is 8.07. The minimum Gasteiger partial charge on any atom is -0.384 e. The fourth-order valence-electron chi connectivity index (χ4n) is 1.24. The molecule has 0 heterocycles. The van der Waals surface area contributed by atoms with E-state index in [1.54, 1.807) is 7.11 Å². The summed E-state index contributed by atoms with van der Waals surface area (Å²) in [5, 5.41) is 3.28. The highest BCUT2D eigenvalue weighted by molar-refractivity contribution is 5.50. The first-order valence-electron chi connectivity index (χ1n) is 4.62. The third-order valence-electron chi connectivity index (χ3n) is 1.90. The van der Waals surface area contributed by atoms with Gasteiger partial charge in [-0.2, -0.15) is 0 Å². The Morgan fingerprint density at radius 1 is 1.43 bits per heavy atom. The van der Waals surface area contributed by atoms with Gasteiger partial charge in [0, 0.05) is 31.3 Å². The standard InChI is InChI=1S/C12H15NO/c1-3-4-9-13-12-8-6-5-7-11(12)10-14-2/h1,5-8,13H,4,9-10H2,2H3. The van der Waals surface area contributed by atoms with Crippen LogP contribution in [0.2, 0.25) is 0 Å². The second-order valence-electron chi connectivity index (χ2n) is 2.97. The van der Waals surface area contributed by atoms with E-state index in [-0.39, 0.29) is 0 Å². The Hall–Kier alpha value is -1.46. The Morgan fingerprint density at radius 3 is 2.93 bits per heavy atom. The van der Waals surface area contributed by atoms with Crippen molar-refractivity contribution in [3.8, 4) is 12.3 Å². The lowest BCUT2D eigenvalue weighted by atomic mass is 10.2. The number of benzene rings is 1. The molecule has 1 aromatic rings. The quantitative estimate of drug-likeness (QED) is 0.566. The maximum absolute atomic E-state index is 5.17. The minimum atomic E-state index is 0.624. The number of nitrogens with one attached hydrogen (secondary N) is 1. The SMILES string of the molecule is C#CCCNc1ccccc1COC. The Morgan fingerprint density at radius 2 is 2.21 bits per heavy atom. The third-order valence-corrected chi connectivity index (χ3v) is 1.90. The van der Waals surface area contributed by atoms with Crippen molar-refractivity contribution in [3.05, 3.63) is 29.8 Å². The van der Waals surface area contributed by atoms with Gasteiger partial charge >= 0.3 is 0 Å². The van der Waals surface area contributed by atoms with Gasteiger partial charge in [-0.3, -0.25) is 0 Å². The molecule has 0 radical (unpaired) electrons. The molecule has 14 heavy (non-hydrogen) atoms. The Labute approximate surface area is 85.3 Å². The van der Waals surface area contributed by atoms with E-state index in [4.69, 9.17) is 11.2 Å². The van der Waals surface area contributed by atoms with Crippen LogP contribution in [0.3, 0.4) is 0 Å². The molecule has 0 fully saturated rings. The van der Waals surface area contributed by atoms with Crippen molar-refractivity contribution < 1.29 is 4.74 Å². The summed E-state index contributed by atoms with van der Waals surface area (Å²) >= 11 is 0. The summed E-state index contributed by atoms with van der Waals surface area (Å²) in [6.45, 7) is 1.43. The molecular formula is C12H15NO. The third kappa shape index (κ3) is 3.12. The van der Waals surface area contributed by atoms with Gasteiger partial charge in [0.25, 0.3) is 0 Å². The zero-order valence-corrected chi connectivity index (χ0v) is 8.42. The van der Waals surface area contributed by atoms with Gasteiger partial charge in [0.15, 0.2) is 0 Å². The Balaban J connectivity index is 2.60. The number of anilines is 1. The summed E-state index contributed by atoms with van der Waals surface area (Å²) in [7, 11) is 1.69. The number of ether oxygens (including phenoxy) is 1. The first kappa shape index (κ1) is 10.6. The molecular weight excluding hydrogens is 174 g/mol. The number of para-hydroxylation sites is 1. The molecule has 0 aliphatic rings. The second-order valence-corrected chi connectivity index (χ2v) is 2.97. The zero-order valence-electron chi connectivity index (χ0n) is 8.42. The fourth-order valence-corrected chi connectivity index (χ4v) is 1.24. The van der Waals surface area contributed by atoms with E-state index in [1.807, 2.05) is 24.3 Å². The summed E-state index contributed by atoms with van der Waals surface area (Å²) in [5.74, 6) is 2.60. The van der Waals surface area contributed by atoms with Gasteiger partial charge in [-0.15, -0.1) is 12.3 Å². The van der Waals surface area contributed by atoms with Gasteiger partial charge in [-0.05, 0) is 6.07 Å². The fraction of sp³-hybridized carbons (Fsp3) is 0.333. The maximum atomic E-state index is 5.17. The molecule has 1 rings (SSSR count). The Bertz CT molecular complexity index is 314. The van der Waals surface area contributed by atoms with Crippen LogP contribution in [-0.2, 0) is 11.3 Å². The molecule has 0 aliphatic heterocycles. The van der Waals surface area contributed by atoms with E-state index in [2.05, 4.69) is 11.2 Å². The van der Waals surface area contributed by atoms with Crippen LogP contribution in [0.4, 0.5) is 5.69 Å². The van der Waals surface area contributed by atoms with E-state index in [1.165, 1.54) is 0 Å². The average molecular weight is 189 g/mol. The Kier molecular flexibility index (Phi) is 4.60. The van der Waals surface area contributed by atoms with Crippen LogP contribution in [0.1, 0.15) is 12.0 Å². The lowest BCUT2D eigenvalue weighted by molar-refractivity contribution is 0.185. The lowest BCUT2D eigenvalue weighted by Crippen LogP contribution is -2.03. The predicted molar refractivity (Wildman–Crippen MR) is 59.1 cm³/mol. The number of hydrogen-bond donors (Lipinski definition) is 1. The van der Waals surface area contributed by atoms with E-state index in [0.29, 0.717) is 6.61 Å². The molecule has 0 aliphatic carbocycles. The van der Waals surface area contributed by atoms with Crippen molar-refractivity contribution in [2.75, 3.05) is 19.0 Å². The van der Waals surface area contributed by atoms with Crippen LogP contribution in [0.15, 0.2) is 24.3 Å². The molecule has 2 heteroatoms. The molecule has 0 atom stereocenters. The number of hydrogen-bond acceptors (Lipinski definition) is 2. The first-order valence-corrected chi connectivity index (χ1v) is 4.62. The molecule has 1 N–H and O–H groups in total. The molecule has 1 aromatic carbocycles. The van der Waals surface area contributed by atoms with Gasteiger partial charge in [-0.1, -0.05) is 18.2 Å². The normalized spacial score (nSPS) is 9.43. The van der Waals surface area contributed by atoms with Crippen LogP contribution in [0.5, 0.6) is 0 Å². The van der Waals surface area contributed by atoms with Gasteiger partial charge in [0.05, 0.1) is 6.61 Å². The van der Waals surface area contributed by atoms with Crippen molar-refractivity contribution in [3.63, 3.8) is 0 Å². The molecule has 0 spiro atoms. The van der Waals surface area contributed by atoms with Crippen LogP contribution < -0.4 is 5.32 Å². The summed E-state index contributed by atoms with van der Waals surface area (Å²) in [5.41, 5.74) is 2.26. The number of terminal acetylenes is 1. The number of methoxy groups -OCH3 is 1. The number of rotatable bonds is 5. The topological polar surface area (TPSA) is 21.3 Å². The van der Waals surface area contributed by atoms with Gasteiger partial charge < -0.3 is 10.1 Å². The highest BCUT2D eigenvalue weighted by Crippen LogP contribution is 2.15. The molecule has 0 aromatic heterocycles. The molecule has 0 saturated heterocycles. The molecule has 74 valence electrons. The summed E-state index contributed by atoms with van der Waals surface area (Å²) in [4.78, 5) is 0. The second kappa shape index (κ2) is 6.06. The zero-order chi connectivity index (χ0) is 10.2. The molecule has 0 amide bonds. The maximum Gasteiger partial charge on any atom is 0.0733 e. The van der Waals surface area contributed by atoms with Crippen molar-refractivity contribution in [1.82, 2.24) is 0 Å². The highest BCUT2D eigenvalue weighted by atomic mass is 16.5. The largest absolute Gasteiger partial charge is 0.384 e. The lowest BCUT2D eigenvalue weighted by Gasteiger charge is -2.09. The molecule has 0 unspecified atom stereocenters. The van der Waals surface area contributed by atoms with Crippen LogP contribution in [-0.4, -0.2) is 13.7 Å². The van der Waals surface area contributed by atoms with Crippen molar-refractivity contribution in [1.29, 1.82) is 0 Å². The minimum absolute atomic E-state index is 0.624.